The zero-order valence-corrected chi connectivity index (χ0v) is 12.2. The Balaban J connectivity index is 1.82. The summed E-state index contributed by atoms with van der Waals surface area (Å²) in [4.78, 5) is 16.0. The number of benzene rings is 1. The number of nitrogens with zero attached hydrogens (tertiary/aromatic N) is 1. The van der Waals surface area contributed by atoms with Crippen molar-refractivity contribution in [1.29, 1.82) is 0 Å². The first kappa shape index (κ1) is 13.9. The van der Waals surface area contributed by atoms with Gasteiger partial charge in [0, 0.05) is 35.1 Å². The highest BCUT2D eigenvalue weighted by Crippen LogP contribution is 2.22. The topological polar surface area (TPSA) is 68.0 Å². The number of carbonyl (C=O) groups excluding carboxylic acids is 1. The molecule has 0 aliphatic rings. The summed E-state index contributed by atoms with van der Waals surface area (Å²) < 4.78 is 0.993. The van der Waals surface area contributed by atoms with Gasteiger partial charge in [0.25, 0.3) is 0 Å². The van der Waals surface area contributed by atoms with Crippen LogP contribution in [-0.4, -0.2) is 16.6 Å². The van der Waals surface area contributed by atoms with Crippen LogP contribution < -0.4 is 11.1 Å². The number of thiazole rings is 1. The van der Waals surface area contributed by atoms with Gasteiger partial charge in [-0.05, 0) is 24.6 Å². The quantitative estimate of drug-likeness (QED) is 0.656. The number of anilines is 2. The lowest BCUT2D eigenvalue weighted by molar-refractivity contribution is -0.115. The minimum Gasteiger partial charge on any atom is -0.399 e. The number of hydrogen-bond donors (Lipinski definition) is 2. The Labute approximate surface area is 120 Å². The van der Waals surface area contributed by atoms with Gasteiger partial charge in [0.05, 0.1) is 0 Å². The molecule has 2 aromatic rings. The molecule has 1 aromatic carbocycles. The van der Waals surface area contributed by atoms with Gasteiger partial charge in [-0.1, -0.05) is 17.8 Å². The third-order valence-electron chi connectivity index (χ3n) is 2.50. The fourth-order valence-electron chi connectivity index (χ4n) is 1.50. The van der Waals surface area contributed by atoms with Crippen molar-refractivity contribution in [1.82, 2.24) is 4.98 Å². The van der Waals surface area contributed by atoms with Gasteiger partial charge in [-0.3, -0.25) is 4.79 Å². The van der Waals surface area contributed by atoms with Crippen LogP contribution in [-0.2, 0) is 4.79 Å². The zero-order valence-electron chi connectivity index (χ0n) is 10.6. The van der Waals surface area contributed by atoms with E-state index in [9.17, 15) is 4.79 Å². The number of aryl methyl sites for hydroxylation is 1. The van der Waals surface area contributed by atoms with Crippen LogP contribution in [0.3, 0.4) is 0 Å². The molecular formula is C13H15N3OS2. The van der Waals surface area contributed by atoms with E-state index in [4.69, 9.17) is 5.73 Å². The van der Waals surface area contributed by atoms with Crippen LogP contribution in [0.2, 0.25) is 0 Å². The van der Waals surface area contributed by atoms with E-state index < -0.39 is 0 Å². The number of nitrogens with one attached hydrogen (secondary N) is 1. The Hall–Kier alpha value is -1.53. The molecule has 19 heavy (non-hydrogen) atoms. The summed E-state index contributed by atoms with van der Waals surface area (Å²) in [6.45, 7) is 1.94. The smallest absolute Gasteiger partial charge is 0.225 e. The molecule has 0 aliphatic carbocycles. The van der Waals surface area contributed by atoms with E-state index >= 15 is 0 Å². The third-order valence-corrected chi connectivity index (χ3v) is 4.47. The lowest BCUT2D eigenvalue weighted by Crippen LogP contribution is -2.13. The molecular weight excluding hydrogens is 278 g/mol. The average molecular weight is 293 g/mol. The van der Waals surface area contributed by atoms with E-state index in [0.29, 0.717) is 12.1 Å². The lowest BCUT2D eigenvalue weighted by atomic mass is 10.2. The number of hydrogen-bond acceptors (Lipinski definition) is 5. The molecule has 0 saturated carbocycles. The largest absolute Gasteiger partial charge is 0.399 e. The fourth-order valence-corrected chi connectivity index (χ4v) is 3.15. The standard InChI is InChI=1S/C13H15N3OS2/c1-9-2-3-10(14)8-11(9)16-12(17)4-6-18-13-15-5-7-19-13/h2-3,5,7-8H,4,6,14H2,1H3,(H,16,17). The summed E-state index contributed by atoms with van der Waals surface area (Å²) in [5.41, 5.74) is 8.15. The van der Waals surface area contributed by atoms with Gasteiger partial charge in [0.1, 0.15) is 4.34 Å². The lowest BCUT2D eigenvalue weighted by Gasteiger charge is -2.08. The van der Waals surface area contributed by atoms with Crippen LogP contribution in [0, 0.1) is 6.92 Å². The van der Waals surface area contributed by atoms with Gasteiger partial charge in [-0.2, -0.15) is 0 Å². The number of amides is 1. The predicted molar refractivity (Wildman–Crippen MR) is 81.7 cm³/mol. The highest BCUT2D eigenvalue weighted by molar-refractivity contribution is 8.01. The number of rotatable bonds is 5. The van der Waals surface area contributed by atoms with Crippen molar-refractivity contribution in [2.75, 3.05) is 16.8 Å². The Morgan fingerprint density at radius 3 is 3.11 bits per heavy atom. The average Bonchev–Trinajstić information content (AvgIpc) is 2.87. The molecule has 0 saturated heterocycles. The highest BCUT2D eigenvalue weighted by Gasteiger charge is 2.06. The molecule has 1 amide bonds. The van der Waals surface area contributed by atoms with Crippen LogP contribution in [0.25, 0.3) is 0 Å². The van der Waals surface area contributed by atoms with E-state index in [1.165, 1.54) is 0 Å². The van der Waals surface area contributed by atoms with Crippen molar-refractivity contribution in [2.45, 2.75) is 17.7 Å². The number of nitrogen functional groups attached to an aromatic ring is 1. The molecule has 0 unspecified atom stereocenters. The second-order valence-corrected chi connectivity index (χ2v) is 6.26. The van der Waals surface area contributed by atoms with Gasteiger partial charge in [-0.15, -0.1) is 11.3 Å². The van der Waals surface area contributed by atoms with Crippen molar-refractivity contribution in [3.05, 3.63) is 35.3 Å². The first-order valence-corrected chi connectivity index (χ1v) is 7.70. The number of carbonyl (C=O) groups is 1. The molecule has 0 fully saturated rings. The number of aromatic nitrogens is 1. The Morgan fingerprint density at radius 1 is 1.53 bits per heavy atom. The summed E-state index contributed by atoms with van der Waals surface area (Å²) in [5, 5.41) is 4.81. The zero-order chi connectivity index (χ0) is 13.7. The minimum atomic E-state index is -0.00208. The fraction of sp³-hybridized carbons (Fsp3) is 0.231. The van der Waals surface area contributed by atoms with Gasteiger partial charge in [0.15, 0.2) is 0 Å². The van der Waals surface area contributed by atoms with Crippen LogP contribution in [0.5, 0.6) is 0 Å². The maximum atomic E-state index is 11.8. The van der Waals surface area contributed by atoms with Crippen molar-refractivity contribution in [3.63, 3.8) is 0 Å². The summed E-state index contributed by atoms with van der Waals surface area (Å²) in [6.07, 6.45) is 2.22. The molecule has 0 spiro atoms. The van der Waals surface area contributed by atoms with E-state index in [-0.39, 0.29) is 5.91 Å². The van der Waals surface area contributed by atoms with Crippen molar-refractivity contribution < 1.29 is 4.79 Å². The van der Waals surface area contributed by atoms with Gasteiger partial charge >= 0.3 is 0 Å². The second-order valence-electron chi connectivity index (χ2n) is 4.02. The van der Waals surface area contributed by atoms with E-state index in [0.717, 1.165) is 21.3 Å². The maximum absolute atomic E-state index is 11.8. The summed E-state index contributed by atoms with van der Waals surface area (Å²) in [5.74, 6) is 0.721. The number of thioether (sulfide) groups is 1. The highest BCUT2D eigenvalue weighted by atomic mass is 32.2. The molecule has 1 heterocycles. The molecule has 0 aliphatic heterocycles. The Morgan fingerprint density at radius 2 is 2.37 bits per heavy atom. The number of nitrogens with two attached hydrogens (primary N) is 1. The third kappa shape index (κ3) is 4.25. The van der Waals surface area contributed by atoms with Crippen LogP contribution in [0.4, 0.5) is 11.4 Å². The molecule has 0 atom stereocenters. The van der Waals surface area contributed by atoms with Crippen LogP contribution in [0.1, 0.15) is 12.0 Å². The monoisotopic (exact) mass is 293 g/mol. The van der Waals surface area contributed by atoms with E-state index in [2.05, 4.69) is 10.3 Å². The van der Waals surface area contributed by atoms with Crippen molar-refractivity contribution in [2.24, 2.45) is 0 Å². The Bertz CT molecular complexity index is 555. The SMILES string of the molecule is Cc1ccc(N)cc1NC(=O)CCSc1nccs1. The summed E-state index contributed by atoms with van der Waals surface area (Å²) in [7, 11) is 0. The molecule has 2 rings (SSSR count). The maximum Gasteiger partial charge on any atom is 0.225 e. The van der Waals surface area contributed by atoms with Crippen molar-refractivity contribution in [3.8, 4) is 0 Å². The normalized spacial score (nSPS) is 10.4. The molecule has 100 valence electrons. The van der Waals surface area contributed by atoms with Gasteiger partial charge < -0.3 is 11.1 Å². The van der Waals surface area contributed by atoms with Crippen molar-refractivity contribution >= 4 is 40.4 Å². The molecule has 0 radical (unpaired) electrons. The molecule has 1 aromatic heterocycles. The summed E-state index contributed by atoms with van der Waals surface area (Å²) >= 11 is 3.18. The molecule has 6 heteroatoms. The summed E-state index contributed by atoms with van der Waals surface area (Å²) in [6, 6.07) is 5.50. The van der Waals surface area contributed by atoms with Crippen LogP contribution >= 0.6 is 23.1 Å². The van der Waals surface area contributed by atoms with E-state index in [1.54, 1.807) is 35.4 Å². The second kappa shape index (κ2) is 6.58. The van der Waals surface area contributed by atoms with E-state index in [1.807, 2.05) is 24.4 Å². The predicted octanol–water partition coefficient (Wildman–Crippen LogP) is 3.15. The minimum absolute atomic E-state index is 0.00208. The van der Waals surface area contributed by atoms with Gasteiger partial charge in [-0.25, -0.2) is 4.98 Å². The first-order valence-electron chi connectivity index (χ1n) is 5.83. The molecule has 3 N–H and O–H groups in total. The first-order chi connectivity index (χ1) is 9.15. The van der Waals surface area contributed by atoms with Crippen LogP contribution in [0.15, 0.2) is 34.1 Å². The Kier molecular flexibility index (Phi) is 4.81. The molecule has 4 nitrogen and oxygen atoms in total. The van der Waals surface area contributed by atoms with Gasteiger partial charge in [0.2, 0.25) is 5.91 Å². The molecule has 0 bridgehead atoms.